The van der Waals surface area contributed by atoms with Crippen LogP contribution < -0.4 is 5.32 Å². The number of fused-ring (bicyclic) bond motifs is 1. The van der Waals surface area contributed by atoms with Crippen LogP contribution in [0.25, 0.3) is 10.9 Å². The number of aryl methyl sites for hydroxylation is 1. The third-order valence-corrected chi connectivity index (χ3v) is 3.72. The van der Waals surface area contributed by atoms with Crippen molar-refractivity contribution in [1.82, 2.24) is 20.2 Å². The Bertz CT molecular complexity index is 862. The van der Waals surface area contributed by atoms with Gasteiger partial charge in [-0.15, -0.1) is 0 Å². The SMILES string of the molecule is CSc1nc(C)c(C(=O)O)c(Nc2ccc3[nH]ncc3c2)n1. The number of aromatic carboxylic acids is 1. The van der Waals surface area contributed by atoms with E-state index in [0.717, 1.165) is 16.6 Å². The van der Waals surface area contributed by atoms with Crippen molar-refractivity contribution >= 4 is 40.1 Å². The fraction of sp³-hybridized carbons (Fsp3) is 0.143. The van der Waals surface area contributed by atoms with Crippen LogP contribution in [0.3, 0.4) is 0 Å². The Morgan fingerprint density at radius 2 is 2.18 bits per heavy atom. The Balaban J connectivity index is 2.06. The lowest BCUT2D eigenvalue weighted by Crippen LogP contribution is -2.10. The van der Waals surface area contributed by atoms with E-state index >= 15 is 0 Å². The van der Waals surface area contributed by atoms with E-state index < -0.39 is 5.97 Å². The highest BCUT2D eigenvalue weighted by atomic mass is 32.2. The molecule has 0 saturated carbocycles. The highest BCUT2D eigenvalue weighted by molar-refractivity contribution is 7.98. The van der Waals surface area contributed by atoms with Crippen molar-refractivity contribution in [2.45, 2.75) is 12.1 Å². The molecule has 8 heteroatoms. The van der Waals surface area contributed by atoms with Gasteiger partial charge in [0.2, 0.25) is 0 Å². The highest BCUT2D eigenvalue weighted by Crippen LogP contribution is 2.25. The molecular weight excluding hydrogens is 302 g/mol. The lowest BCUT2D eigenvalue weighted by molar-refractivity contribution is 0.0696. The van der Waals surface area contributed by atoms with Crippen LogP contribution in [0.4, 0.5) is 11.5 Å². The summed E-state index contributed by atoms with van der Waals surface area (Å²) in [4.78, 5) is 19.9. The van der Waals surface area contributed by atoms with Crippen LogP contribution >= 0.6 is 11.8 Å². The topological polar surface area (TPSA) is 104 Å². The summed E-state index contributed by atoms with van der Waals surface area (Å²) in [6.07, 6.45) is 3.55. The molecule has 0 fully saturated rings. The summed E-state index contributed by atoms with van der Waals surface area (Å²) < 4.78 is 0. The third-order valence-electron chi connectivity index (χ3n) is 3.17. The molecule has 0 aliphatic carbocycles. The number of anilines is 2. The second-order valence-corrected chi connectivity index (χ2v) is 5.39. The minimum Gasteiger partial charge on any atom is -0.477 e. The summed E-state index contributed by atoms with van der Waals surface area (Å²) in [7, 11) is 0. The zero-order valence-electron chi connectivity index (χ0n) is 11.9. The number of aromatic amines is 1. The lowest BCUT2D eigenvalue weighted by atomic mass is 10.2. The van der Waals surface area contributed by atoms with Gasteiger partial charge in [0, 0.05) is 11.1 Å². The van der Waals surface area contributed by atoms with E-state index in [0.29, 0.717) is 10.9 Å². The van der Waals surface area contributed by atoms with Gasteiger partial charge in [-0.1, -0.05) is 11.8 Å². The number of H-pyrrole nitrogens is 1. The summed E-state index contributed by atoms with van der Waals surface area (Å²) in [5, 5.41) is 20.7. The van der Waals surface area contributed by atoms with Crippen molar-refractivity contribution in [3.8, 4) is 0 Å². The summed E-state index contributed by atoms with van der Waals surface area (Å²) in [6, 6.07) is 5.58. The maximum absolute atomic E-state index is 11.5. The van der Waals surface area contributed by atoms with Crippen LogP contribution in [0.1, 0.15) is 16.1 Å². The van der Waals surface area contributed by atoms with Crippen LogP contribution in [0.2, 0.25) is 0 Å². The summed E-state index contributed by atoms with van der Waals surface area (Å²) in [5.74, 6) is -0.774. The van der Waals surface area contributed by atoms with Gasteiger partial charge in [-0.2, -0.15) is 5.10 Å². The average molecular weight is 315 g/mol. The number of hydrogen-bond donors (Lipinski definition) is 3. The molecule has 7 nitrogen and oxygen atoms in total. The van der Waals surface area contributed by atoms with E-state index in [1.54, 1.807) is 13.1 Å². The normalized spacial score (nSPS) is 10.8. The Morgan fingerprint density at radius 3 is 2.91 bits per heavy atom. The van der Waals surface area contributed by atoms with Gasteiger partial charge in [-0.3, -0.25) is 5.10 Å². The molecule has 0 atom stereocenters. The molecule has 112 valence electrons. The molecule has 3 N–H and O–H groups in total. The predicted molar refractivity (Wildman–Crippen MR) is 84.9 cm³/mol. The molecule has 22 heavy (non-hydrogen) atoms. The van der Waals surface area contributed by atoms with Gasteiger partial charge < -0.3 is 10.4 Å². The number of benzene rings is 1. The largest absolute Gasteiger partial charge is 0.477 e. The first kappa shape index (κ1) is 14.3. The van der Waals surface area contributed by atoms with Crippen LogP contribution in [-0.2, 0) is 0 Å². The quantitative estimate of drug-likeness (QED) is 0.502. The molecule has 3 aromatic rings. The maximum Gasteiger partial charge on any atom is 0.341 e. The molecule has 0 radical (unpaired) electrons. The van der Waals surface area contributed by atoms with Gasteiger partial charge >= 0.3 is 5.97 Å². The molecule has 0 aliphatic rings. The van der Waals surface area contributed by atoms with E-state index in [-0.39, 0.29) is 11.4 Å². The Morgan fingerprint density at radius 1 is 1.36 bits per heavy atom. The molecule has 1 aromatic carbocycles. The van der Waals surface area contributed by atoms with Gasteiger partial charge in [-0.05, 0) is 31.4 Å². The number of aromatic nitrogens is 4. The van der Waals surface area contributed by atoms with Gasteiger partial charge in [0.05, 0.1) is 17.4 Å². The molecule has 0 aliphatic heterocycles. The van der Waals surface area contributed by atoms with E-state index in [4.69, 9.17) is 0 Å². The fourth-order valence-corrected chi connectivity index (χ4v) is 2.55. The number of carbonyl (C=O) groups is 1. The maximum atomic E-state index is 11.5. The monoisotopic (exact) mass is 315 g/mol. The Kier molecular flexibility index (Phi) is 3.68. The molecule has 0 amide bonds. The smallest absolute Gasteiger partial charge is 0.341 e. The van der Waals surface area contributed by atoms with Crippen LogP contribution in [0.15, 0.2) is 29.6 Å². The van der Waals surface area contributed by atoms with Gasteiger partial charge in [0.1, 0.15) is 11.4 Å². The fourth-order valence-electron chi connectivity index (χ4n) is 2.14. The van der Waals surface area contributed by atoms with Crippen molar-refractivity contribution in [3.05, 3.63) is 35.7 Å². The van der Waals surface area contributed by atoms with Crippen molar-refractivity contribution in [2.24, 2.45) is 0 Å². The van der Waals surface area contributed by atoms with E-state index in [2.05, 4.69) is 25.5 Å². The number of nitrogens with zero attached hydrogens (tertiary/aromatic N) is 3. The van der Waals surface area contributed by atoms with Crippen LogP contribution in [0, 0.1) is 6.92 Å². The van der Waals surface area contributed by atoms with Gasteiger partial charge in [0.25, 0.3) is 0 Å². The number of carboxylic acids is 1. The first-order valence-electron chi connectivity index (χ1n) is 6.44. The van der Waals surface area contributed by atoms with E-state index in [1.165, 1.54) is 11.8 Å². The second kappa shape index (κ2) is 5.64. The number of rotatable bonds is 4. The Labute approximate surface area is 130 Å². The highest BCUT2D eigenvalue weighted by Gasteiger charge is 2.18. The van der Waals surface area contributed by atoms with E-state index in [9.17, 15) is 9.90 Å². The zero-order valence-corrected chi connectivity index (χ0v) is 12.7. The molecule has 0 bridgehead atoms. The minimum absolute atomic E-state index is 0.0742. The predicted octanol–water partition coefficient (Wildman–Crippen LogP) is 2.83. The standard InChI is InChI=1S/C14H13N5O2S/c1-7-11(13(20)21)12(18-14(16-7)22-2)17-9-3-4-10-8(5-9)6-15-19-10/h3-6H,1-2H3,(H,15,19)(H,20,21)(H,16,17,18). The lowest BCUT2D eigenvalue weighted by Gasteiger charge is -2.11. The van der Waals surface area contributed by atoms with Crippen molar-refractivity contribution < 1.29 is 9.90 Å². The molecule has 2 heterocycles. The first-order chi connectivity index (χ1) is 10.6. The molecule has 2 aromatic heterocycles. The summed E-state index contributed by atoms with van der Waals surface area (Å²) in [6.45, 7) is 1.66. The van der Waals surface area contributed by atoms with Gasteiger partial charge in [-0.25, -0.2) is 14.8 Å². The number of carboxylic acid groups (broad SMARTS) is 1. The van der Waals surface area contributed by atoms with Crippen molar-refractivity contribution in [1.29, 1.82) is 0 Å². The van der Waals surface area contributed by atoms with Crippen LogP contribution in [0.5, 0.6) is 0 Å². The zero-order chi connectivity index (χ0) is 15.7. The second-order valence-electron chi connectivity index (χ2n) is 4.62. The first-order valence-corrected chi connectivity index (χ1v) is 7.67. The average Bonchev–Trinajstić information content (AvgIpc) is 2.93. The van der Waals surface area contributed by atoms with Gasteiger partial charge in [0.15, 0.2) is 5.16 Å². The molecule has 0 spiro atoms. The summed E-state index contributed by atoms with van der Waals surface area (Å²) in [5.41, 5.74) is 2.15. The summed E-state index contributed by atoms with van der Waals surface area (Å²) >= 11 is 1.36. The minimum atomic E-state index is -1.06. The molecular formula is C14H13N5O2S. The molecule has 0 unspecified atom stereocenters. The molecule has 3 rings (SSSR count). The molecule has 0 saturated heterocycles. The van der Waals surface area contributed by atoms with Crippen molar-refractivity contribution in [2.75, 3.05) is 11.6 Å². The number of thioether (sulfide) groups is 1. The number of nitrogens with one attached hydrogen (secondary N) is 2. The van der Waals surface area contributed by atoms with Crippen molar-refractivity contribution in [3.63, 3.8) is 0 Å². The number of hydrogen-bond acceptors (Lipinski definition) is 6. The van der Waals surface area contributed by atoms with Crippen LogP contribution in [-0.4, -0.2) is 37.5 Å². The van der Waals surface area contributed by atoms with E-state index in [1.807, 2.05) is 24.5 Å². The Hall–Kier alpha value is -2.61. The third kappa shape index (κ3) is 2.60.